The number of hydrogen-bond acceptors (Lipinski definition) is 6. The molecule has 0 saturated carbocycles. The summed E-state index contributed by atoms with van der Waals surface area (Å²) in [7, 11) is 1.50. The molecule has 0 aromatic carbocycles. The van der Waals surface area contributed by atoms with Gasteiger partial charge in [0.1, 0.15) is 19.3 Å². The summed E-state index contributed by atoms with van der Waals surface area (Å²) in [6, 6.07) is -0.850. The first-order chi connectivity index (χ1) is 40.4. The number of esters is 1. The van der Waals surface area contributed by atoms with Gasteiger partial charge in [-0.2, -0.15) is 0 Å². The van der Waals surface area contributed by atoms with Crippen LogP contribution < -0.4 is 5.32 Å². The first kappa shape index (κ1) is 80.7. The van der Waals surface area contributed by atoms with Crippen molar-refractivity contribution in [2.24, 2.45) is 0 Å². The first-order valence-electron chi connectivity index (χ1n) is 35.6. The Morgan fingerprint density at radius 2 is 0.735 bits per heavy atom. The maximum Gasteiger partial charge on any atom is 0.472 e. The van der Waals surface area contributed by atoms with Gasteiger partial charge in [0.15, 0.2) is 0 Å². The Balaban J connectivity index is 5.02. The van der Waals surface area contributed by atoms with Crippen molar-refractivity contribution in [3.63, 3.8) is 0 Å². The number of carbonyl (C=O) groups is 2. The highest BCUT2D eigenvalue weighted by Crippen LogP contribution is 2.43. The van der Waals surface area contributed by atoms with Crippen molar-refractivity contribution in [3.8, 4) is 0 Å². The van der Waals surface area contributed by atoms with Gasteiger partial charge in [0.25, 0.3) is 0 Å². The van der Waals surface area contributed by atoms with Gasteiger partial charge in [-0.05, 0) is 96.0 Å². The summed E-state index contributed by atoms with van der Waals surface area (Å²) >= 11 is 0. The van der Waals surface area contributed by atoms with E-state index >= 15 is 0 Å². The van der Waals surface area contributed by atoms with Gasteiger partial charge < -0.3 is 19.4 Å². The number of carbonyl (C=O) groups excluding carboxylic acids is 2. The quantitative estimate of drug-likeness (QED) is 0.0205. The second-order valence-electron chi connectivity index (χ2n) is 25.4. The van der Waals surface area contributed by atoms with Crippen LogP contribution in [-0.4, -0.2) is 74.3 Å². The number of likely N-dealkylation sites (N-methyl/N-ethyl adjacent to an activating group) is 1. The summed E-state index contributed by atoms with van der Waals surface area (Å²) in [5.74, 6) is -0.496. The minimum atomic E-state index is -4.45. The van der Waals surface area contributed by atoms with Gasteiger partial charge in [-0.3, -0.25) is 18.6 Å². The number of ether oxygens (including phenoxy) is 1. The molecule has 0 bridgehead atoms. The molecule has 486 valence electrons. The summed E-state index contributed by atoms with van der Waals surface area (Å²) in [5.41, 5.74) is 0. The Morgan fingerprint density at radius 1 is 0.422 bits per heavy atom. The van der Waals surface area contributed by atoms with Crippen LogP contribution in [0.25, 0.3) is 0 Å². The van der Waals surface area contributed by atoms with E-state index in [2.05, 4.69) is 74.7 Å². The lowest BCUT2D eigenvalue weighted by atomic mass is 10.0. The molecular weight excluding hydrogens is 1050 g/mol. The van der Waals surface area contributed by atoms with Gasteiger partial charge in [0.05, 0.1) is 33.8 Å². The van der Waals surface area contributed by atoms with Gasteiger partial charge >= 0.3 is 13.8 Å². The number of hydrogen-bond donors (Lipinski definition) is 2. The van der Waals surface area contributed by atoms with Crippen LogP contribution in [0.4, 0.5) is 0 Å². The third-order valence-electron chi connectivity index (χ3n) is 15.9. The molecule has 0 aliphatic carbocycles. The molecule has 83 heavy (non-hydrogen) atoms. The molecule has 0 aromatic heterocycles. The first-order valence-corrected chi connectivity index (χ1v) is 37.1. The van der Waals surface area contributed by atoms with Gasteiger partial charge in [-0.25, -0.2) is 4.57 Å². The Morgan fingerprint density at radius 3 is 1.13 bits per heavy atom. The molecule has 0 aromatic rings. The zero-order valence-corrected chi connectivity index (χ0v) is 56.6. The second kappa shape index (κ2) is 62.8. The zero-order valence-electron chi connectivity index (χ0n) is 55.7. The molecule has 0 saturated heterocycles. The van der Waals surface area contributed by atoms with E-state index < -0.39 is 20.0 Å². The number of unbranched alkanes of at least 4 members (excludes halogenated alkanes) is 41. The van der Waals surface area contributed by atoms with Gasteiger partial charge in [0, 0.05) is 12.8 Å². The zero-order chi connectivity index (χ0) is 60.7. The number of phosphoric acid groups is 1. The van der Waals surface area contributed by atoms with Gasteiger partial charge in [-0.15, -0.1) is 0 Å². The number of nitrogens with one attached hydrogen (secondary N) is 1. The molecule has 1 amide bonds. The average molecular weight is 1190 g/mol. The van der Waals surface area contributed by atoms with Crippen molar-refractivity contribution in [1.29, 1.82) is 0 Å². The van der Waals surface area contributed by atoms with Crippen LogP contribution in [0, 0.1) is 0 Å². The van der Waals surface area contributed by atoms with E-state index in [9.17, 15) is 19.0 Å². The van der Waals surface area contributed by atoms with E-state index in [0.29, 0.717) is 17.4 Å². The molecule has 0 radical (unpaired) electrons. The minimum absolute atomic E-state index is 0.0400. The highest BCUT2D eigenvalue weighted by atomic mass is 31.2. The lowest BCUT2D eigenvalue weighted by Gasteiger charge is -2.27. The largest absolute Gasteiger partial charge is 0.472 e. The van der Waals surface area contributed by atoms with Crippen molar-refractivity contribution in [3.05, 3.63) is 60.8 Å². The highest BCUT2D eigenvalue weighted by Gasteiger charge is 2.30. The van der Waals surface area contributed by atoms with Crippen molar-refractivity contribution in [2.75, 3.05) is 40.9 Å². The number of quaternary nitrogens is 1. The molecular formula is C73H138N2O7P+. The van der Waals surface area contributed by atoms with Gasteiger partial charge in [-0.1, -0.05) is 294 Å². The number of nitrogens with zero attached hydrogens (tertiary/aromatic N) is 1. The maximum atomic E-state index is 13.6. The molecule has 9 nitrogen and oxygen atoms in total. The van der Waals surface area contributed by atoms with Crippen molar-refractivity contribution >= 4 is 19.7 Å². The molecule has 3 unspecified atom stereocenters. The van der Waals surface area contributed by atoms with E-state index in [1.54, 1.807) is 0 Å². The summed E-state index contributed by atoms with van der Waals surface area (Å²) < 4.78 is 30.8. The fourth-order valence-electron chi connectivity index (χ4n) is 10.4. The Hall–Kier alpha value is -2.29. The Bertz CT molecular complexity index is 1600. The Kier molecular flexibility index (Phi) is 61.0. The lowest BCUT2D eigenvalue weighted by Crippen LogP contribution is -2.47. The van der Waals surface area contributed by atoms with Gasteiger partial charge in [0.2, 0.25) is 5.91 Å². The Labute approximate surface area is 515 Å². The molecule has 0 rings (SSSR count). The summed E-state index contributed by atoms with van der Waals surface area (Å²) in [6.07, 6.45) is 80.9. The summed E-state index contributed by atoms with van der Waals surface area (Å²) in [6.45, 7) is 7.02. The molecule has 10 heteroatoms. The van der Waals surface area contributed by atoms with Crippen LogP contribution in [0.1, 0.15) is 342 Å². The minimum Gasteiger partial charge on any atom is -0.456 e. The highest BCUT2D eigenvalue weighted by molar-refractivity contribution is 7.47. The molecule has 0 spiro atoms. The van der Waals surface area contributed by atoms with E-state index in [-0.39, 0.29) is 31.5 Å². The van der Waals surface area contributed by atoms with Crippen molar-refractivity contribution in [2.45, 2.75) is 354 Å². The fraction of sp³-hybridized carbons (Fsp3) is 0.836. The van der Waals surface area contributed by atoms with Crippen LogP contribution in [0.5, 0.6) is 0 Å². The molecule has 2 N–H and O–H groups in total. The average Bonchev–Trinajstić information content (AvgIpc) is 3.51. The van der Waals surface area contributed by atoms with Crippen LogP contribution >= 0.6 is 7.82 Å². The van der Waals surface area contributed by atoms with E-state index in [1.807, 2.05) is 33.3 Å². The van der Waals surface area contributed by atoms with E-state index in [1.165, 1.54) is 238 Å². The van der Waals surface area contributed by atoms with Crippen molar-refractivity contribution in [1.82, 2.24) is 5.32 Å². The monoisotopic (exact) mass is 1190 g/mol. The van der Waals surface area contributed by atoms with Crippen LogP contribution in [0.3, 0.4) is 0 Å². The summed E-state index contributed by atoms with van der Waals surface area (Å²) in [5, 5.41) is 3.07. The fourth-order valence-corrected chi connectivity index (χ4v) is 11.2. The SMILES string of the molecule is CCCCC/C=C\C/C=C\C/C=C\CCCCCCCCCCCCCCC(=O)OC(/C=C/CCCCCCCCCCC)C(COP(=O)(O)OCC[N+](C)(C)C)NC(=O)CCCCCCCCCCCCC/C=C/CCCCCCCC. The predicted molar refractivity (Wildman–Crippen MR) is 360 cm³/mol. The number of allylic oxidation sites excluding steroid dienone is 9. The number of phosphoric ester groups is 1. The van der Waals surface area contributed by atoms with E-state index in [0.717, 1.165) is 70.6 Å². The van der Waals surface area contributed by atoms with E-state index in [4.69, 9.17) is 13.8 Å². The molecule has 0 fully saturated rings. The summed E-state index contributed by atoms with van der Waals surface area (Å²) in [4.78, 5) is 37.9. The predicted octanol–water partition coefficient (Wildman–Crippen LogP) is 22.6. The molecule has 0 aliphatic heterocycles. The second-order valence-corrected chi connectivity index (χ2v) is 26.9. The molecule has 0 heterocycles. The standard InChI is InChI=1S/C73H137N2O7P/c1-7-10-13-16-19-22-25-27-29-31-33-35-36-37-38-40-42-44-46-48-51-54-57-60-63-66-73(77)82-71(64-61-58-55-52-49-24-21-18-15-12-9-3)70(69-81-83(78,79)80-68-67-75(4,5)6)74-72(76)65-62-59-56-53-50-47-45-43-41-39-34-32-30-28-26-23-20-17-14-11-8-2/h19,22,27-30,33,35,61,64,70-71H,7-18,20-21,23-26,31-32,34,36-60,62-63,65-69H2,1-6H3,(H-,74,76,78,79)/p+1/b22-19-,29-27-,30-28+,35-33-,64-61+. The smallest absolute Gasteiger partial charge is 0.456 e. The molecule has 3 atom stereocenters. The van der Waals surface area contributed by atoms with Crippen LogP contribution in [0.2, 0.25) is 0 Å². The number of rotatable bonds is 65. The maximum absolute atomic E-state index is 13.6. The normalized spacial score (nSPS) is 13.9. The number of amides is 1. The van der Waals surface area contributed by atoms with Crippen molar-refractivity contribution < 1.29 is 37.3 Å². The topological polar surface area (TPSA) is 111 Å². The van der Waals surface area contributed by atoms with Crippen LogP contribution in [-0.2, 0) is 27.9 Å². The molecule has 0 aliphatic rings. The third-order valence-corrected chi connectivity index (χ3v) is 16.9. The lowest BCUT2D eigenvalue weighted by molar-refractivity contribution is -0.870. The third kappa shape index (κ3) is 64.0. The van der Waals surface area contributed by atoms with Crippen LogP contribution in [0.15, 0.2) is 60.8 Å².